The molecule has 2 aromatic heterocycles. The van der Waals surface area contributed by atoms with Crippen LogP contribution < -0.4 is 0 Å². The highest BCUT2D eigenvalue weighted by Gasteiger charge is 2.28. The molecule has 0 saturated heterocycles. The smallest absolute Gasteiger partial charge is 0.208 e. The average molecular weight is 641 g/mol. The first kappa shape index (κ1) is 28.4. The van der Waals surface area contributed by atoms with E-state index >= 15 is 0 Å². The van der Waals surface area contributed by atoms with Crippen molar-refractivity contribution in [1.29, 1.82) is 0 Å². The van der Waals surface area contributed by atoms with Gasteiger partial charge in [0.2, 0.25) is 17.2 Å². The van der Waals surface area contributed by atoms with Crippen LogP contribution in [0.25, 0.3) is 77.2 Å². The number of benzene rings is 7. The van der Waals surface area contributed by atoms with E-state index in [-0.39, 0.29) is 5.69 Å². The second-order valence-electron chi connectivity index (χ2n) is 12.1. The van der Waals surface area contributed by atoms with Crippen molar-refractivity contribution < 1.29 is 25.5 Å². The van der Waals surface area contributed by atoms with Gasteiger partial charge in [0, 0.05) is 27.2 Å². The fourth-order valence-electron chi connectivity index (χ4n) is 7.21. The van der Waals surface area contributed by atoms with Gasteiger partial charge in [-0.2, -0.15) is 0 Å². The molecule has 2 heterocycles. The van der Waals surface area contributed by atoms with Crippen LogP contribution in [0, 0.1) is 0 Å². The summed E-state index contributed by atoms with van der Waals surface area (Å²) in [7, 11) is 0. The Morgan fingerprint density at radius 2 is 0.694 bits per heavy atom. The van der Waals surface area contributed by atoms with Crippen molar-refractivity contribution in [2.24, 2.45) is 0 Å². The van der Waals surface area contributed by atoms with E-state index in [0.717, 1.165) is 49.4 Å². The maximum absolute atomic E-state index is 11.0. The number of para-hydroxylation sites is 2. The van der Waals surface area contributed by atoms with Crippen LogP contribution in [0.15, 0.2) is 140 Å². The summed E-state index contributed by atoms with van der Waals surface area (Å²) in [6, 6.07) is 47.1. The molecule has 0 amide bonds. The van der Waals surface area contributed by atoms with Crippen LogP contribution in [0.5, 0.6) is 28.7 Å². The number of hydrogen-bond donors (Lipinski definition) is 5. The first-order valence-corrected chi connectivity index (χ1v) is 15.8. The van der Waals surface area contributed by atoms with Gasteiger partial charge in [0.15, 0.2) is 11.5 Å². The summed E-state index contributed by atoms with van der Waals surface area (Å²) in [5.74, 6) is -4.37. The number of hydrogen-bond acceptors (Lipinski definition) is 5. The van der Waals surface area contributed by atoms with Gasteiger partial charge in [0.05, 0.1) is 22.1 Å². The van der Waals surface area contributed by atoms with Crippen LogP contribution in [0.2, 0.25) is 0 Å². The second-order valence-corrected chi connectivity index (χ2v) is 12.1. The largest absolute Gasteiger partial charge is 0.503 e. The minimum Gasteiger partial charge on any atom is -0.503 e. The summed E-state index contributed by atoms with van der Waals surface area (Å²) >= 11 is 0. The van der Waals surface area contributed by atoms with E-state index in [1.807, 2.05) is 66.7 Å². The molecule has 0 atom stereocenters. The Morgan fingerprint density at radius 1 is 0.306 bits per heavy atom. The lowest BCUT2D eigenvalue weighted by Crippen LogP contribution is -1.97. The van der Waals surface area contributed by atoms with Gasteiger partial charge < -0.3 is 34.7 Å². The fraction of sp³-hybridized carbons (Fsp3) is 0. The lowest BCUT2D eigenvalue weighted by molar-refractivity contribution is 0.327. The molecule has 0 bridgehead atoms. The Hall–Kier alpha value is -6.86. The second kappa shape index (κ2) is 10.6. The molecule has 0 unspecified atom stereocenters. The molecule has 0 aliphatic rings. The fourth-order valence-corrected chi connectivity index (χ4v) is 7.21. The molecule has 7 heteroatoms. The van der Waals surface area contributed by atoms with Crippen molar-refractivity contribution in [3.05, 3.63) is 140 Å². The first-order chi connectivity index (χ1) is 23.9. The highest BCUT2D eigenvalue weighted by Crippen LogP contribution is 2.54. The molecule has 0 aliphatic heterocycles. The van der Waals surface area contributed by atoms with E-state index in [1.54, 1.807) is 4.57 Å². The van der Waals surface area contributed by atoms with Gasteiger partial charge in [0.1, 0.15) is 5.69 Å². The van der Waals surface area contributed by atoms with E-state index < -0.39 is 28.7 Å². The normalized spacial score (nSPS) is 11.7. The van der Waals surface area contributed by atoms with E-state index in [1.165, 1.54) is 11.1 Å². The monoisotopic (exact) mass is 640 g/mol. The number of nitrogens with zero attached hydrogens (tertiary/aromatic N) is 2. The minimum atomic E-state index is -1.000. The SMILES string of the molecule is Oc1c(O)c(O)c(-n2c3ccccc3c3c4c5ccccc5n(-c5ccc(-c6ccc(-c7ccccc7)cc6)cc5)c4ccc32)c(O)c1O. The number of phenolic OH excluding ortho intramolecular Hbond substituents is 5. The van der Waals surface area contributed by atoms with Crippen molar-refractivity contribution in [1.82, 2.24) is 9.13 Å². The van der Waals surface area contributed by atoms with E-state index in [0.29, 0.717) is 11.0 Å². The average Bonchev–Trinajstić information content (AvgIpc) is 3.67. The number of phenols is 5. The molecule has 5 N–H and O–H groups in total. The Balaban J connectivity index is 1.25. The quantitative estimate of drug-likeness (QED) is 0.0972. The minimum absolute atomic E-state index is 0.241. The van der Waals surface area contributed by atoms with Crippen molar-refractivity contribution in [3.63, 3.8) is 0 Å². The number of rotatable bonds is 4. The maximum atomic E-state index is 11.0. The van der Waals surface area contributed by atoms with Crippen LogP contribution in [0.1, 0.15) is 0 Å². The van der Waals surface area contributed by atoms with Crippen LogP contribution in [0.3, 0.4) is 0 Å². The summed E-state index contributed by atoms with van der Waals surface area (Å²) < 4.78 is 3.82. The first-order valence-electron chi connectivity index (χ1n) is 15.8. The molecular formula is C42H28N2O5. The maximum Gasteiger partial charge on any atom is 0.208 e. The van der Waals surface area contributed by atoms with Crippen LogP contribution in [0.4, 0.5) is 0 Å². The molecule has 0 saturated carbocycles. The van der Waals surface area contributed by atoms with Crippen LogP contribution >= 0.6 is 0 Å². The van der Waals surface area contributed by atoms with Crippen molar-refractivity contribution >= 4 is 43.6 Å². The third-order valence-corrected chi connectivity index (χ3v) is 9.49. The van der Waals surface area contributed by atoms with Gasteiger partial charge in [-0.25, -0.2) is 0 Å². The predicted molar refractivity (Wildman–Crippen MR) is 194 cm³/mol. The Kier molecular flexibility index (Phi) is 6.13. The summed E-state index contributed by atoms with van der Waals surface area (Å²) in [6.07, 6.45) is 0. The van der Waals surface area contributed by atoms with Crippen LogP contribution in [-0.2, 0) is 0 Å². The molecule has 9 rings (SSSR count). The lowest BCUT2D eigenvalue weighted by Gasteiger charge is -2.15. The van der Waals surface area contributed by atoms with Crippen molar-refractivity contribution in [2.75, 3.05) is 0 Å². The summed E-state index contributed by atoms with van der Waals surface area (Å²) in [6.45, 7) is 0. The zero-order chi connectivity index (χ0) is 33.4. The molecule has 7 aromatic carbocycles. The predicted octanol–water partition coefficient (Wildman–Crippen LogP) is 9.74. The number of aromatic nitrogens is 2. The van der Waals surface area contributed by atoms with Gasteiger partial charge in [0.25, 0.3) is 0 Å². The van der Waals surface area contributed by atoms with Crippen molar-refractivity contribution in [2.45, 2.75) is 0 Å². The van der Waals surface area contributed by atoms with Gasteiger partial charge >= 0.3 is 0 Å². The Labute approximate surface area is 279 Å². The van der Waals surface area contributed by atoms with E-state index in [9.17, 15) is 25.5 Å². The summed E-state index contributed by atoms with van der Waals surface area (Å²) in [4.78, 5) is 0. The Bertz CT molecular complexity index is 2710. The van der Waals surface area contributed by atoms with Gasteiger partial charge in [-0.15, -0.1) is 0 Å². The molecule has 0 radical (unpaired) electrons. The molecule has 236 valence electrons. The Morgan fingerprint density at radius 3 is 1.22 bits per heavy atom. The van der Waals surface area contributed by atoms with Gasteiger partial charge in [-0.05, 0) is 58.7 Å². The van der Waals surface area contributed by atoms with Gasteiger partial charge in [-0.1, -0.05) is 103 Å². The molecule has 9 aromatic rings. The van der Waals surface area contributed by atoms with E-state index in [4.69, 9.17) is 0 Å². The third kappa shape index (κ3) is 4.09. The number of aromatic hydroxyl groups is 5. The highest BCUT2D eigenvalue weighted by molar-refractivity contribution is 6.29. The molecule has 0 aliphatic carbocycles. The standard InChI is InChI=1S/C42H28N2O5/c45-38-37(39(46)41(48)42(49)40(38)47)44-32-13-7-5-11-30(32)36-34(44)23-22-33-35(36)29-10-4-6-12-31(29)43(33)28-20-18-27(19-21-28)26-16-14-25(15-17-26)24-8-2-1-3-9-24/h1-23,45-49H. The molecule has 49 heavy (non-hydrogen) atoms. The highest BCUT2D eigenvalue weighted by atomic mass is 16.4. The zero-order valence-electron chi connectivity index (χ0n) is 25.9. The molecular weight excluding hydrogens is 612 g/mol. The number of fused-ring (bicyclic) bond motifs is 7. The van der Waals surface area contributed by atoms with Crippen molar-refractivity contribution in [3.8, 4) is 62.4 Å². The summed E-state index contributed by atoms with van der Waals surface area (Å²) in [5.41, 5.74) is 8.55. The van der Waals surface area contributed by atoms with E-state index in [2.05, 4.69) is 77.4 Å². The zero-order valence-corrected chi connectivity index (χ0v) is 25.9. The van der Waals surface area contributed by atoms with Gasteiger partial charge in [-0.3, -0.25) is 0 Å². The molecule has 0 fully saturated rings. The summed E-state index contributed by atoms with van der Waals surface area (Å²) in [5, 5.41) is 56.6. The van der Waals surface area contributed by atoms with Crippen LogP contribution in [-0.4, -0.2) is 34.7 Å². The lowest BCUT2D eigenvalue weighted by atomic mass is 10.0. The molecule has 7 nitrogen and oxygen atoms in total. The topological polar surface area (TPSA) is 111 Å². The molecule has 0 spiro atoms. The third-order valence-electron chi connectivity index (χ3n) is 9.49.